The van der Waals surface area contributed by atoms with Crippen LogP contribution in [0.1, 0.15) is 6.42 Å². The van der Waals surface area contributed by atoms with E-state index in [1.165, 1.54) is 0 Å². The molecule has 0 radical (unpaired) electrons. The van der Waals surface area contributed by atoms with Gasteiger partial charge in [-0.1, -0.05) is 18.2 Å². The molecule has 2 saturated heterocycles. The smallest absolute Gasteiger partial charge is 0.186 e. The van der Waals surface area contributed by atoms with Crippen LogP contribution in [0.4, 0.5) is 0 Å². The lowest BCUT2D eigenvalue weighted by Gasteiger charge is -2.48. The highest BCUT2D eigenvalue weighted by Crippen LogP contribution is 2.31. The molecular weight excluding hydrogens is 518 g/mol. The van der Waals surface area contributed by atoms with E-state index in [0.29, 0.717) is 5.75 Å². The summed E-state index contributed by atoms with van der Waals surface area (Å²) >= 11 is 0. The predicted octanol–water partition coefficient (Wildman–Crippen LogP) is -5.24. The van der Waals surface area contributed by atoms with Gasteiger partial charge in [-0.2, -0.15) is 0 Å². The summed E-state index contributed by atoms with van der Waals surface area (Å²) in [5.74, 6) is 0.543. The van der Waals surface area contributed by atoms with Crippen LogP contribution in [0.15, 0.2) is 30.3 Å². The fraction of sp³-hybridized carbons (Fsp3) is 0.750. The van der Waals surface area contributed by atoms with E-state index in [1.54, 1.807) is 24.3 Å². The molecule has 222 valence electrons. The quantitative estimate of drug-likeness (QED) is 0.142. The van der Waals surface area contributed by atoms with Gasteiger partial charge in [0, 0.05) is 18.6 Å². The third-order valence-corrected chi connectivity index (χ3v) is 7.54. The largest absolute Gasteiger partial charge is 0.491 e. The summed E-state index contributed by atoms with van der Waals surface area (Å²) in [4.78, 5) is 0. The predicted molar refractivity (Wildman–Crippen MR) is 135 cm³/mol. The molecule has 15 N–H and O–H groups in total. The van der Waals surface area contributed by atoms with Gasteiger partial charge in [0.25, 0.3) is 0 Å². The molecule has 1 aliphatic carbocycles. The summed E-state index contributed by atoms with van der Waals surface area (Å²) in [5.41, 5.74) is 30.1. The van der Waals surface area contributed by atoms with Crippen molar-refractivity contribution in [2.45, 2.75) is 98.1 Å². The van der Waals surface area contributed by atoms with Crippen molar-refractivity contribution in [2.24, 2.45) is 28.7 Å². The number of aliphatic hydroxyl groups is 5. The van der Waals surface area contributed by atoms with Crippen molar-refractivity contribution in [1.29, 1.82) is 0 Å². The summed E-state index contributed by atoms with van der Waals surface area (Å²) in [5, 5.41) is 52.8. The van der Waals surface area contributed by atoms with Crippen LogP contribution in [0.3, 0.4) is 0 Å². The standard InChI is InChI=1S/C24H41N5O10/c25-7-12-17(31)18(32)15(29)23(36-12)38-21-10(26)6-11(27)22(20(21)34)39-24-19(33)14(28)16(30)13(37-24)8-35-9-4-2-1-3-5-9/h1-5,10-24,30-34H,6-8,25-29H2. The molecule has 15 nitrogen and oxygen atoms in total. The van der Waals surface area contributed by atoms with Crippen LogP contribution in [0, 0.1) is 0 Å². The number of benzene rings is 1. The Bertz CT molecular complexity index is 905. The zero-order chi connectivity index (χ0) is 28.4. The molecule has 15 unspecified atom stereocenters. The van der Waals surface area contributed by atoms with Crippen LogP contribution >= 0.6 is 0 Å². The van der Waals surface area contributed by atoms with Gasteiger partial charge in [0.1, 0.15) is 67.3 Å². The molecule has 0 bridgehead atoms. The molecule has 0 amide bonds. The minimum absolute atomic E-state index is 0.0886. The van der Waals surface area contributed by atoms with Gasteiger partial charge >= 0.3 is 0 Å². The molecule has 1 aromatic rings. The first-order chi connectivity index (χ1) is 18.5. The Morgan fingerprint density at radius 1 is 0.692 bits per heavy atom. The Labute approximate surface area is 225 Å². The average Bonchev–Trinajstić information content (AvgIpc) is 2.92. The Kier molecular flexibility index (Phi) is 10.1. The Morgan fingerprint density at radius 3 is 1.90 bits per heavy atom. The maximum absolute atomic E-state index is 11.2. The lowest BCUT2D eigenvalue weighted by molar-refractivity contribution is -0.318. The van der Waals surface area contributed by atoms with Gasteiger partial charge in [-0.15, -0.1) is 0 Å². The van der Waals surface area contributed by atoms with Gasteiger partial charge in [0.05, 0.1) is 12.1 Å². The highest BCUT2D eigenvalue weighted by molar-refractivity contribution is 5.21. The van der Waals surface area contributed by atoms with Crippen LogP contribution in [0.5, 0.6) is 5.75 Å². The average molecular weight is 560 g/mol. The van der Waals surface area contributed by atoms with Gasteiger partial charge in [-0.3, -0.25) is 0 Å². The number of para-hydroxylation sites is 1. The molecule has 0 aromatic heterocycles. The Hall–Kier alpha value is -1.54. The summed E-state index contributed by atoms with van der Waals surface area (Å²) in [7, 11) is 0. The molecule has 3 fully saturated rings. The number of rotatable bonds is 8. The van der Waals surface area contributed by atoms with E-state index in [4.69, 9.17) is 52.4 Å². The maximum atomic E-state index is 11.2. The second kappa shape index (κ2) is 13.0. The van der Waals surface area contributed by atoms with Gasteiger partial charge in [-0.25, -0.2) is 0 Å². The van der Waals surface area contributed by atoms with E-state index in [9.17, 15) is 25.5 Å². The van der Waals surface area contributed by atoms with E-state index >= 15 is 0 Å². The summed E-state index contributed by atoms with van der Waals surface area (Å²) < 4.78 is 28.9. The molecule has 1 aromatic carbocycles. The maximum Gasteiger partial charge on any atom is 0.186 e. The molecule has 0 spiro atoms. The normalized spacial score (nSPS) is 47.1. The van der Waals surface area contributed by atoms with Crippen molar-refractivity contribution in [2.75, 3.05) is 13.2 Å². The van der Waals surface area contributed by atoms with Gasteiger partial charge in [0.15, 0.2) is 12.6 Å². The molecular formula is C24H41N5O10. The monoisotopic (exact) mass is 559 g/mol. The third-order valence-electron chi connectivity index (χ3n) is 7.54. The molecule has 3 aliphatic rings. The van der Waals surface area contributed by atoms with E-state index in [1.807, 2.05) is 6.07 Å². The molecule has 1 saturated carbocycles. The van der Waals surface area contributed by atoms with Crippen LogP contribution < -0.4 is 33.4 Å². The number of hydrogen-bond donors (Lipinski definition) is 10. The SMILES string of the molecule is NCC1OC(OC2C(N)CC(N)C(OC3OC(COc4ccccc4)C(O)C(N)C3O)C2O)C(N)C(O)C1O. The number of aliphatic hydroxyl groups excluding tert-OH is 5. The van der Waals surface area contributed by atoms with Crippen molar-refractivity contribution in [3.05, 3.63) is 30.3 Å². The van der Waals surface area contributed by atoms with Crippen LogP contribution in [-0.2, 0) is 18.9 Å². The van der Waals surface area contributed by atoms with Crippen molar-refractivity contribution in [1.82, 2.24) is 0 Å². The van der Waals surface area contributed by atoms with E-state index < -0.39 is 91.7 Å². The van der Waals surface area contributed by atoms with Crippen LogP contribution in [0.2, 0.25) is 0 Å². The fourth-order valence-electron chi connectivity index (χ4n) is 5.13. The molecule has 2 heterocycles. The number of hydrogen-bond acceptors (Lipinski definition) is 15. The minimum Gasteiger partial charge on any atom is -0.491 e. The van der Waals surface area contributed by atoms with Crippen LogP contribution in [-0.4, -0.2) is 130 Å². The highest BCUT2D eigenvalue weighted by Gasteiger charge is 2.51. The Morgan fingerprint density at radius 2 is 1.28 bits per heavy atom. The second-order valence-corrected chi connectivity index (χ2v) is 10.3. The third kappa shape index (κ3) is 6.52. The lowest BCUT2D eigenvalue weighted by Crippen LogP contribution is -2.69. The van der Waals surface area contributed by atoms with Crippen molar-refractivity contribution >= 4 is 0 Å². The summed E-state index contributed by atoms with van der Waals surface area (Å²) in [6, 6.07) is 4.98. The molecule has 4 rings (SSSR count). The number of ether oxygens (including phenoxy) is 5. The zero-order valence-electron chi connectivity index (χ0n) is 21.3. The molecule has 15 heteroatoms. The zero-order valence-corrected chi connectivity index (χ0v) is 21.3. The summed E-state index contributed by atoms with van der Waals surface area (Å²) in [6.45, 7) is -0.201. The Balaban J connectivity index is 1.44. The van der Waals surface area contributed by atoms with Crippen LogP contribution in [0.25, 0.3) is 0 Å². The molecule has 15 atom stereocenters. The first kappa shape index (κ1) is 30.4. The van der Waals surface area contributed by atoms with Crippen molar-refractivity contribution in [3.8, 4) is 5.75 Å². The van der Waals surface area contributed by atoms with E-state index in [-0.39, 0.29) is 19.6 Å². The van der Waals surface area contributed by atoms with Crippen molar-refractivity contribution in [3.63, 3.8) is 0 Å². The van der Waals surface area contributed by atoms with E-state index in [0.717, 1.165) is 0 Å². The summed E-state index contributed by atoms with van der Waals surface area (Å²) in [6.07, 6.45) is -13.6. The van der Waals surface area contributed by atoms with E-state index in [2.05, 4.69) is 0 Å². The van der Waals surface area contributed by atoms with Gasteiger partial charge in [0.2, 0.25) is 0 Å². The molecule has 2 aliphatic heterocycles. The number of nitrogens with two attached hydrogens (primary N) is 5. The lowest BCUT2D eigenvalue weighted by atomic mass is 9.84. The fourth-order valence-corrected chi connectivity index (χ4v) is 5.13. The van der Waals surface area contributed by atoms with Gasteiger partial charge < -0.3 is 77.9 Å². The van der Waals surface area contributed by atoms with Gasteiger partial charge in [-0.05, 0) is 18.6 Å². The second-order valence-electron chi connectivity index (χ2n) is 10.3. The molecule has 39 heavy (non-hydrogen) atoms. The first-order valence-electron chi connectivity index (χ1n) is 13.0. The highest BCUT2D eigenvalue weighted by atomic mass is 16.7. The van der Waals surface area contributed by atoms with Crippen molar-refractivity contribution < 1.29 is 49.2 Å². The topological polar surface area (TPSA) is 277 Å². The minimum atomic E-state index is -1.46. The first-order valence-corrected chi connectivity index (χ1v) is 13.0.